The molecule has 1 aliphatic carbocycles. The normalized spacial score (nSPS) is 17.4. The molecule has 0 radical (unpaired) electrons. The first-order valence-electron chi connectivity index (χ1n) is 9.80. The molecule has 0 saturated carbocycles. The third-order valence-corrected chi connectivity index (χ3v) is 6.14. The molecule has 2 aromatic rings. The Hall–Kier alpha value is -2.55. The number of fused-ring (bicyclic) bond motifs is 1. The van der Waals surface area contributed by atoms with Crippen molar-refractivity contribution in [2.45, 2.75) is 58.3 Å². The van der Waals surface area contributed by atoms with Gasteiger partial charge in [0, 0.05) is 11.6 Å². The number of methoxy groups -OCH3 is 1. The number of carbonyl (C=O) groups is 1. The maximum absolute atomic E-state index is 10.9. The van der Waals surface area contributed by atoms with Crippen molar-refractivity contribution in [1.29, 1.82) is 0 Å². The molecule has 0 heterocycles. The summed E-state index contributed by atoms with van der Waals surface area (Å²) in [5.74, 6) is -0.306. The van der Waals surface area contributed by atoms with Crippen LogP contribution in [0.15, 0.2) is 36.4 Å². The van der Waals surface area contributed by atoms with Crippen LogP contribution in [0.3, 0.4) is 0 Å². The van der Waals surface area contributed by atoms with Gasteiger partial charge in [0.1, 0.15) is 5.75 Å². The first-order chi connectivity index (χ1) is 13.0. The summed E-state index contributed by atoms with van der Waals surface area (Å²) in [4.78, 5) is 10.9. The molecule has 28 heavy (non-hydrogen) atoms. The summed E-state index contributed by atoms with van der Waals surface area (Å²) in [5, 5.41) is 8.98. The predicted molar refractivity (Wildman–Crippen MR) is 115 cm³/mol. The largest absolute Gasteiger partial charge is 0.496 e. The van der Waals surface area contributed by atoms with Crippen molar-refractivity contribution in [2.24, 2.45) is 0 Å². The van der Waals surface area contributed by atoms with E-state index in [0.717, 1.165) is 17.2 Å². The summed E-state index contributed by atoms with van der Waals surface area (Å²) < 4.78 is 5.41. The van der Waals surface area contributed by atoms with Crippen molar-refractivity contribution < 1.29 is 14.6 Å². The van der Waals surface area contributed by atoms with Crippen LogP contribution >= 0.6 is 0 Å². The molecule has 148 valence electrons. The highest BCUT2D eigenvalue weighted by Gasteiger charge is 2.37. The van der Waals surface area contributed by atoms with E-state index in [1.807, 2.05) is 18.2 Å². The number of rotatable bonds is 4. The van der Waals surface area contributed by atoms with Gasteiger partial charge in [-0.05, 0) is 76.6 Å². The molecule has 3 rings (SSSR count). The van der Waals surface area contributed by atoms with Gasteiger partial charge in [-0.3, -0.25) is 0 Å². The predicted octanol–water partition coefficient (Wildman–Crippen LogP) is 6.12. The fourth-order valence-corrected chi connectivity index (χ4v) is 4.23. The Bertz CT molecular complexity index is 949. The second-order valence-corrected chi connectivity index (χ2v) is 9.11. The van der Waals surface area contributed by atoms with Crippen molar-refractivity contribution in [3.63, 3.8) is 0 Å². The molecule has 0 spiro atoms. The van der Waals surface area contributed by atoms with Crippen LogP contribution in [0.25, 0.3) is 17.2 Å². The lowest BCUT2D eigenvalue weighted by molar-refractivity contribution is -0.131. The summed E-state index contributed by atoms with van der Waals surface area (Å²) in [7, 11) is 1.60. The van der Waals surface area contributed by atoms with E-state index in [0.29, 0.717) is 5.75 Å². The number of benzene rings is 2. The number of carboxylic acids is 1. The third kappa shape index (κ3) is 3.71. The fraction of sp³-hybridized carbons (Fsp3) is 0.400. The molecule has 0 unspecified atom stereocenters. The second kappa shape index (κ2) is 7.12. The van der Waals surface area contributed by atoms with E-state index in [1.165, 1.54) is 35.1 Å². The smallest absolute Gasteiger partial charge is 0.328 e. The van der Waals surface area contributed by atoms with Gasteiger partial charge in [-0.15, -0.1) is 0 Å². The average molecular weight is 379 g/mol. The number of carboxylic acid groups (broad SMARTS) is 1. The molecule has 3 nitrogen and oxygen atoms in total. The van der Waals surface area contributed by atoms with Crippen molar-refractivity contribution in [3.05, 3.63) is 58.7 Å². The molecule has 1 N–H and O–H groups in total. The third-order valence-electron chi connectivity index (χ3n) is 6.14. The Kier molecular flexibility index (Phi) is 5.14. The standard InChI is InChI=1S/C25H30O3/c1-16-13-20-21(25(4,5)12-11-24(20,2)3)15-19(16)17-7-9-22(28-6)18(14-17)8-10-23(26)27/h7-10,13-15H,11-12H2,1-6H3,(H,26,27). The molecule has 3 heteroatoms. The van der Waals surface area contributed by atoms with E-state index in [1.54, 1.807) is 13.2 Å². The van der Waals surface area contributed by atoms with Gasteiger partial charge in [0.15, 0.2) is 0 Å². The highest BCUT2D eigenvalue weighted by atomic mass is 16.5. The van der Waals surface area contributed by atoms with Gasteiger partial charge in [-0.25, -0.2) is 4.79 Å². The van der Waals surface area contributed by atoms with Crippen molar-refractivity contribution >= 4 is 12.0 Å². The SMILES string of the molecule is COc1ccc(-c2cc3c(cc2C)C(C)(C)CCC3(C)C)cc1C=CC(=O)O. The van der Waals surface area contributed by atoms with Gasteiger partial charge < -0.3 is 9.84 Å². The number of hydrogen-bond donors (Lipinski definition) is 1. The minimum Gasteiger partial charge on any atom is -0.496 e. The molecule has 0 fully saturated rings. The minimum atomic E-state index is -0.971. The summed E-state index contributed by atoms with van der Waals surface area (Å²) >= 11 is 0. The molecule has 2 aromatic carbocycles. The van der Waals surface area contributed by atoms with Crippen LogP contribution in [0, 0.1) is 6.92 Å². The Morgan fingerprint density at radius 3 is 2.21 bits per heavy atom. The van der Waals surface area contributed by atoms with Gasteiger partial charge in [0.2, 0.25) is 0 Å². The summed E-state index contributed by atoms with van der Waals surface area (Å²) in [6, 6.07) is 10.7. The van der Waals surface area contributed by atoms with Crippen LogP contribution in [0.1, 0.15) is 62.8 Å². The van der Waals surface area contributed by atoms with Gasteiger partial charge in [0.05, 0.1) is 7.11 Å². The van der Waals surface area contributed by atoms with Gasteiger partial charge in [-0.2, -0.15) is 0 Å². The van der Waals surface area contributed by atoms with E-state index in [-0.39, 0.29) is 10.8 Å². The molecule has 0 atom stereocenters. The first kappa shape index (κ1) is 20.2. The van der Waals surface area contributed by atoms with Crippen LogP contribution in [0.5, 0.6) is 5.75 Å². The summed E-state index contributed by atoms with van der Waals surface area (Å²) in [5.41, 5.74) is 7.46. The monoisotopic (exact) mass is 378 g/mol. The van der Waals surface area contributed by atoms with E-state index in [4.69, 9.17) is 9.84 Å². The van der Waals surface area contributed by atoms with Crippen LogP contribution in [0.2, 0.25) is 0 Å². The van der Waals surface area contributed by atoms with Crippen LogP contribution in [-0.2, 0) is 15.6 Å². The van der Waals surface area contributed by atoms with Crippen LogP contribution in [0.4, 0.5) is 0 Å². The van der Waals surface area contributed by atoms with Crippen molar-refractivity contribution in [3.8, 4) is 16.9 Å². The summed E-state index contributed by atoms with van der Waals surface area (Å²) in [6.45, 7) is 11.5. The maximum atomic E-state index is 10.9. The highest BCUT2D eigenvalue weighted by molar-refractivity contribution is 5.86. The van der Waals surface area contributed by atoms with Crippen LogP contribution in [-0.4, -0.2) is 18.2 Å². The number of aliphatic carboxylic acids is 1. The quantitative estimate of drug-likeness (QED) is 0.652. The number of hydrogen-bond acceptors (Lipinski definition) is 2. The Labute approximate surface area is 168 Å². The van der Waals surface area contributed by atoms with E-state index in [2.05, 4.69) is 46.8 Å². The van der Waals surface area contributed by atoms with Crippen molar-refractivity contribution in [1.82, 2.24) is 0 Å². The first-order valence-corrected chi connectivity index (χ1v) is 9.80. The lowest BCUT2D eigenvalue weighted by Gasteiger charge is -2.42. The Morgan fingerprint density at radius 2 is 1.64 bits per heavy atom. The maximum Gasteiger partial charge on any atom is 0.328 e. The van der Waals surface area contributed by atoms with E-state index in [9.17, 15) is 4.79 Å². The topological polar surface area (TPSA) is 46.5 Å². The summed E-state index contributed by atoms with van der Waals surface area (Å²) in [6.07, 6.45) is 5.10. The van der Waals surface area contributed by atoms with Crippen LogP contribution < -0.4 is 4.74 Å². The number of ether oxygens (including phenoxy) is 1. The number of aryl methyl sites for hydroxylation is 1. The zero-order valence-electron chi connectivity index (χ0n) is 17.7. The Balaban J connectivity index is 2.17. The molecule has 1 aliphatic rings. The molecular formula is C25H30O3. The Morgan fingerprint density at radius 1 is 1.04 bits per heavy atom. The zero-order valence-corrected chi connectivity index (χ0v) is 17.7. The lowest BCUT2D eigenvalue weighted by atomic mass is 9.62. The lowest BCUT2D eigenvalue weighted by Crippen LogP contribution is -2.34. The highest BCUT2D eigenvalue weighted by Crippen LogP contribution is 2.47. The average Bonchev–Trinajstić information content (AvgIpc) is 2.63. The fourth-order valence-electron chi connectivity index (χ4n) is 4.23. The molecule has 0 aromatic heterocycles. The molecule has 0 saturated heterocycles. The zero-order chi connectivity index (χ0) is 20.7. The van der Waals surface area contributed by atoms with Gasteiger partial charge in [-0.1, -0.05) is 45.9 Å². The van der Waals surface area contributed by atoms with E-state index < -0.39 is 5.97 Å². The van der Waals surface area contributed by atoms with Gasteiger partial charge >= 0.3 is 5.97 Å². The molecule has 0 aliphatic heterocycles. The molecular weight excluding hydrogens is 348 g/mol. The van der Waals surface area contributed by atoms with Crippen molar-refractivity contribution in [2.75, 3.05) is 7.11 Å². The minimum absolute atomic E-state index is 0.145. The van der Waals surface area contributed by atoms with E-state index >= 15 is 0 Å². The second-order valence-electron chi connectivity index (χ2n) is 9.11. The van der Waals surface area contributed by atoms with Gasteiger partial charge in [0.25, 0.3) is 0 Å². The molecule has 0 bridgehead atoms. The molecule has 0 amide bonds.